The molecule has 2 aromatic rings. The zero-order valence-electron chi connectivity index (χ0n) is 10.2. The van der Waals surface area contributed by atoms with E-state index in [1.54, 1.807) is 23.5 Å². The monoisotopic (exact) mass is 327 g/mol. The zero-order valence-corrected chi connectivity index (χ0v) is 12.6. The molecule has 0 aliphatic heterocycles. The first kappa shape index (κ1) is 13.4. The van der Waals surface area contributed by atoms with Crippen LogP contribution in [0.2, 0.25) is 0 Å². The highest BCUT2D eigenvalue weighted by atomic mass is 79.9. The molecule has 0 atom stereocenters. The van der Waals surface area contributed by atoms with Gasteiger partial charge in [-0.25, -0.2) is 0 Å². The summed E-state index contributed by atoms with van der Waals surface area (Å²) in [6.07, 6.45) is 0. The van der Waals surface area contributed by atoms with Gasteiger partial charge in [0, 0.05) is 16.8 Å². The lowest BCUT2D eigenvalue weighted by Gasteiger charge is -2.23. The topological polar surface area (TPSA) is 42.2 Å². The summed E-state index contributed by atoms with van der Waals surface area (Å²) in [6, 6.07) is 7.46. The largest absolute Gasteiger partial charge is 0.444 e. The number of rotatable bonds is 4. The predicted molar refractivity (Wildman–Crippen MR) is 76.1 cm³/mol. The second-order valence-electron chi connectivity index (χ2n) is 4.65. The Hall–Kier alpha value is -1.07. The maximum atomic E-state index is 11.9. The minimum Gasteiger partial charge on any atom is -0.444 e. The van der Waals surface area contributed by atoms with E-state index >= 15 is 0 Å². The molecule has 0 unspecified atom stereocenters. The summed E-state index contributed by atoms with van der Waals surface area (Å²) in [4.78, 5) is 13.1. The normalized spacial score (nSPS) is 11.5. The standard InChI is InChI=1S/C13H14BrNO2S/c1-13(2,10-4-3-7-18-10)8-15-12(16)9-5-6-11(14)17-9/h3-7H,8H2,1-2H3,(H,15,16). The number of thiophene rings is 1. The number of carbonyl (C=O) groups is 1. The zero-order chi connectivity index (χ0) is 13.2. The van der Waals surface area contributed by atoms with Gasteiger partial charge in [0.05, 0.1) is 0 Å². The molecule has 2 heterocycles. The molecular weight excluding hydrogens is 314 g/mol. The highest BCUT2D eigenvalue weighted by Crippen LogP contribution is 2.26. The molecule has 0 aromatic carbocycles. The summed E-state index contributed by atoms with van der Waals surface area (Å²) < 4.78 is 5.77. The Morgan fingerprint density at radius 1 is 1.44 bits per heavy atom. The van der Waals surface area contributed by atoms with Gasteiger partial charge in [-0.05, 0) is 39.5 Å². The Labute approximate surface area is 118 Å². The SMILES string of the molecule is CC(C)(CNC(=O)c1ccc(Br)o1)c1cccs1. The second-order valence-corrected chi connectivity index (χ2v) is 6.38. The number of furan rings is 1. The summed E-state index contributed by atoms with van der Waals surface area (Å²) in [5, 5.41) is 4.94. The van der Waals surface area contributed by atoms with Gasteiger partial charge in [0.2, 0.25) is 0 Å². The van der Waals surface area contributed by atoms with Gasteiger partial charge in [-0.2, -0.15) is 0 Å². The quantitative estimate of drug-likeness (QED) is 0.927. The third-order valence-corrected chi connectivity index (χ3v) is 4.34. The van der Waals surface area contributed by atoms with Crippen molar-refractivity contribution in [1.82, 2.24) is 5.32 Å². The molecule has 3 nitrogen and oxygen atoms in total. The van der Waals surface area contributed by atoms with Crippen LogP contribution in [0.15, 0.2) is 38.7 Å². The Morgan fingerprint density at radius 2 is 2.22 bits per heavy atom. The first-order valence-corrected chi connectivity index (χ1v) is 7.24. The van der Waals surface area contributed by atoms with E-state index in [2.05, 4.69) is 41.2 Å². The van der Waals surface area contributed by atoms with Gasteiger partial charge in [0.1, 0.15) is 0 Å². The molecule has 0 saturated carbocycles. The van der Waals surface area contributed by atoms with Crippen molar-refractivity contribution in [2.75, 3.05) is 6.54 Å². The van der Waals surface area contributed by atoms with Gasteiger partial charge >= 0.3 is 0 Å². The summed E-state index contributed by atoms with van der Waals surface area (Å²) in [7, 11) is 0. The molecule has 0 spiro atoms. The first-order chi connectivity index (χ1) is 8.49. The van der Waals surface area contributed by atoms with E-state index in [0.717, 1.165) is 0 Å². The second kappa shape index (κ2) is 5.28. The van der Waals surface area contributed by atoms with E-state index in [-0.39, 0.29) is 11.3 Å². The Balaban J connectivity index is 1.98. The molecular formula is C13H14BrNO2S. The average molecular weight is 328 g/mol. The molecule has 0 aliphatic rings. The maximum Gasteiger partial charge on any atom is 0.287 e. The minimum atomic E-state index is -0.190. The van der Waals surface area contributed by atoms with Crippen molar-refractivity contribution in [3.05, 3.63) is 45.0 Å². The summed E-state index contributed by atoms with van der Waals surface area (Å²) in [5.74, 6) is 0.134. The van der Waals surface area contributed by atoms with Crippen LogP contribution in [0.3, 0.4) is 0 Å². The lowest BCUT2D eigenvalue weighted by atomic mass is 9.91. The Morgan fingerprint density at radius 3 is 2.78 bits per heavy atom. The van der Waals surface area contributed by atoms with E-state index in [1.807, 2.05) is 11.4 Å². The van der Waals surface area contributed by atoms with Crippen molar-refractivity contribution in [2.45, 2.75) is 19.3 Å². The Bertz CT molecular complexity index is 531. The Kier molecular flexibility index (Phi) is 3.92. The van der Waals surface area contributed by atoms with Gasteiger partial charge < -0.3 is 9.73 Å². The van der Waals surface area contributed by atoms with Gasteiger partial charge in [-0.1, -0.05) is 19.9 Å². The summed E-state index contributed by atoms with van der Waals surface area (Å²) in [5.41, 5.74) is -0.0757. The van der Waals surface area contributed by atoms with Crippen LogP contribution >= 0.6 is 27.3 Å². The number of amides is 1. The number of hydrogen-bond donors (Lipinski definition) is 1. The van der Waals surface area contributed by atoms with E-state index < -0.39 is 0 Å². The first-order valence-electron chi connectivity index (χ1n) is 5.56. The maximum absolute atomic E-state index is 11.9. The number of nitrogens with one attached hydrogen (secondary N) is 1. The highest BCUT2D eigenvalue weighted by Gasteiger charge is 2.23. The third-order valence-electron chi connectivity index (χ3n) is 2.68. The molecule has 1 N–H and O–H groups in total. The van der Waals surface area contributed by atoms with E-state index in [9.17, 15) is 4.79 Å². The smallest absolute Gasteiger partial charge is 0.287 e. The lowest BCUT2D eigenvalue weighted by Crippen LogP contribution is -2.36. The average Bonchev–Trinajstić information content (AvgIpc) is 2.96. The van der Waals surface area contributed by atoms with Crippen LogP contribution in [0.1, 0.15) is 29.3 Å². The van der Waals surface area contributed by atoms with E-state index in [1.165, 1.54) is 4.88 Å². The molecule has 0 radical (unpaired) electrons. The summed E-state index contributed by atoms with van der Waals surface area (Å²) >= 11 is 4.88. The molecule has 2 aromatic heterocycles. The molecule has 5 heteroatoms. The van der Waals surface area contributed by atoms with Crippen molar-refractivity contribution in [3.63, 3.8) is 0 Å². The number of hydrogen-bond acceptors (Lipinski definition) is 3. The van der Waals surface area contributed by atoms with Crippen LogP contribution in [0.5, 0.6) is 0 Å². The van der Waals surface area contributed by atoms with Gasteiger partial charge in [-0.3, -0.25) is 4.79 Å². The highest BCUT2D eigenvalue weighted by molar-refractivity contribution is 9.10. The van der Waals surface area contributed by atoms with Crippen LogP contribution in [-0.2, 0) is 5.41 Å². The molecule has 0 aliphatic carbocycles. The molecule has 0 saturated heterocycles. The van der Waals surface area contributed by atoms with E-state index in [0.29, 0.717) is 17.0 Å². The van der Waals surface area contributed by atoms with Crippen LogP contribution < -0.4 is 5.32 Å². The predicted octanol–water partition coefficient (Wildman–Crippen LogP) is 3.81. The van der Waals surface area contributed by atoms with Crippen LogP contribution in [0, 0.1) is 0 Å². The molecule has 1 amide bonds. The van der Waals surface area contributed by atoms with Crippen molar-refractivity contribution >= 4 is 33.2 Å². The molecule has 2 rings (SSSR count). The van der Waals surface area contributed by atoms with Crippen molar-refractivity contribution in [2.24, 2.45) is 0 Å². The molecule has 18 heavy (non-hydrogen) atoms. The molecule has 0 fully saturated rings. The fourth-order valence-electron chi connectivity index (χ4n) is 1.58. The fraction of sp³-hybridized carbons (Fsp3) is 0.308. The molecule has 0 bridgehead atoms. The van der Waals surface area contributed by atoms with Crippen LogP contribution in [0.4, 0.5) is 0 Å². The van der Waals surface area contributed by atoms with Crippen molar-refractivity contribution < 1.29 is 9.21 Å². The van der Waals surface area contributed by atoms with Gasteiger partial charge in [0.15, 0.2) is 10.4 Å². The van der Waals surface area contributed by atoms with Crippen LogP contribution in [-0.4, -0.2) is 12.5 Å². The van der Waals surface area contributed by atoms with Crippen molar-refractivity contribution in [1.29, 1.82) is 0 Å². The minimum absolute atomic E-state index is 0.0757. The number of carbonyl (C=O) groups excluding carboxylic acids is 1. The molecule has 96 valence electrons. The van der Waals surface area contributed by atoms with Gasteiger partial charge in [0.25, 0.3) is 5.91 Å². The van der Waals surface area contributed by atoms with E-state index in [4.69, 9.17) is 4.42 Å². The summed E-state index contributed by atoms with van der Waals surface area (Å²) in [6.45, 7) is 4.79. The van der Waals surface area contributed by atoms with Crippen LogP contribution in [0.25, 0.3) is 0 Å². The lowest BCUT2D eigenvalue weighted by molar-refractivity contribution is 0.0917. The van der Waals surface area contributed by atoms with Gasteiger partial charge in [-0.15, -0.1) is 11.3 Å². The fourth-order valence-corrected chi connectivity index (χ4v) is 2.73. The third kappa shape index (κ3) is 3.03. The van der Waals surface area contributed by atoms with Crippen molar-refractivity contribution in [3.8, 4) is 0 Å². The number of halogens is 1.